The first-order chi connectivity index (χ1) is 14.1. The SMILES string of the molecule is CCc1ccc(N2C[C@H](C(=O)OCC(=O)NCCc3ccccc3)CC2=O)cc1. The van der Waals surface area contributed by atoms with E-state index in [-0.39, 0.29) is 31.4 Å². The predicted molar refractivity (Wildman–Crippen MR) is 110 cm³/mol. The summed E-state index contributed by atoms with van der Waals surface area (Å²) in [6, 6.07) is 17.6. The van der Waals surface area contributed by atoms with Crippen LogP contribution in [-0.4, -0.2) is 37.5 Å². The van der Waals surface area contributed by atoms with Crippen molar-refractivity contribution in [3.63, 3.8) is 0 Å². The molecule has 0 bridgehead atoms. The summed E-state index contributed by atoms with van der Waals surface area (Å²) in [5, 5.41) is 2.74. The second-order valence-corrected chi connectivity index (χ2v) is 7.12. The van der Waals surface area contributed by atoms with Crippen LogP contribution in [0.25, 0.3) is 0 Å². The summed E-state index contributed by atoms with van der Waals surface area (Å²) < 4.78 is 5.13. The number of nitrogens with one attached hydrogen (secondary N) is 1. The minimum absolute atomic E-state index is 0.101. The third-order valence-electron chi connectivity index (χ3n) is 5.04. The largest absolute Gasteiger partial charge is 0.455 e. The third kappa shape index (κ3) is 5.67. The van der Waals surface area contributed by atoms with Gasteiger partial charge in [0, 0.05) is 25.2 Å². The lowest BCUT2D eigenvalue weighted by Gasteiger charge is -2.17. The van der Waals surface area contributed by atoms with Crippen molar-refractivity contribution < 1.29 is 19.1 Å². The van der Waals surface area contributed by atoms with E-state index in [1.165, 1.54) is 5.56 Å². The summed E-state index contributed by atoms with van der Waals surface area (Å²) in [7, 11) is 0. The number of benzene rings is 2. The maximum absolute atomic E-state index is 12.3. The molecule has 1 atom stereocenters. The van der Waals surface area contributed by atoms with E-state index in [9.17, 15) is 14.4 Å². The Morgan fingerprint density at radius 1 is 1.07 bits per heavy atom. The molecule has 0 spiro atoms. The summed E-state index contributed by atoms with van der Waals surface area (Å²) in [6.45, 7) is 2.49. The number of carbonyl (C=O) groups excluding carboxylic acids is 3. The molecule has 152 valence electrons. The molecule has 29 heavy (non-hydrogen) atoms. The lowest BCUT2D eigenvalue weighted by Crippen LogP contribution is -2.32. The number of carbonyl (C=O) groups is 3. The van der Waals surface area contributed by atoms with E-state index in [2.05, 4.69) is 12.2 Å². The summed E-state index contributed by atoms with van der Waals surface area (Å²) >= 11 is 0. The Morgan fingerprint density at radius 3 is 2.48 bits per heavy atom. The summed E-state index contributed by atoms with van der Waals surface area (Å²) in [4.78, 5) is 38.1. The van der Waals surface area contributed by atoms with Gasteiger partial charge in [-0.05, 0) is 36.1 Å². The van der Waals surface area contributed by atoms with Crippen LogP contribution in [0.1, 0.15) is 24.5 Å². The maximum Gasteiger partial charge on any atom is 0.311 e. The number of esters is 1. The smallest absolute Gasteiger partial charge is 0.311 e. The highest BCUT2D eigenvalue weighted by molar-refractivity contribution is 5.99. The molecule has 1 aliphatic rings. The zero-order valence-corrected chi connectivity index (χ0v) is 16.6. The molecular weight excluding hydrogens is 368 g/mol. The monoisotopic (exact) mass is 394 g/mol. The number of aryl methyl sites for hydroxylation is 1. The molecule has 1 fully saturated rings. The Labute approximate surface area is 170 Å². The van der Waals surface area contributed by atoms with Crippen LogP contribution in [0.4, 0.5) is 5.69 Å². The Kier molecular flexibility index (Phi) is 7.00. The molecule has 6 heteroatoms. The number of rotatable bonds is 8. The number of anilines is 1. The first kappa shape index (κ1) is 20.6. The van der Waals surface area contributed by atoms with Crippen LogP contribution in [0.15, 0.2) is 54.6 Å². The fraction of sp³-hybridized carbons (Fsp3) is 0.348. The first-order valence-electron chi connectivity index (χ1n) is 9.93. The van der Waals surface area contributed by atoms with E-state index in [0.717, 1.165) is 17.7 Å². The molecule has 1 heterocycles. The molecule has 0 aliphatic carbocycles. The van der Waals surface area contributed by atoms with Gasteiger partial charge in [-0.15, -0.1) is 0 Å². The molecule has 2 aromatic rings. The van der Waals surface area contributed by atoms with Crippen LogP contribution < -0.4 is 10.2 Å². The molecule has 1 N–H and O–H groups in total. The van der Waals surface area contributed by atoms with Gasteiger partial charge in [0.1, 0.15) is 0 Å². The fourth-order valence-electron chi connectivity index (χ4n) is 3.32. The highest BCUT2D eigenvalue weighted by Crippen LogP contribution is 2.26. The van der Waals surface area contributed by atoms with Gasteiger partial charge in [-0.1, -0.05) is 49.4 Å². The van der Waals surface area contributed by atoms with Gasteiger partial charge in [0.05, 0.1) is 5.92 Å². The molecule has 2 amide bonds. The Hall–Kier alpha value is -3.15. The average molecular weight is 394 g/mol. The van der Waals surface area contributed by atoms with Crippen molar-refractivity contribution in [2.75, 3.05) is 24.6 Å². The van der Waals surface area contributed by atoms with E-state index < -0.39 is 11.9 Å². The highest BCUT2D eigenvalue weighted by Gasteiger charge is 2.36. The van der Waals surface area contributed by atoms with Gasteiger partial charge in [-0.3, -0.25) is 14.4 Å². The molecule has 3 rings (SSSR count). The molecule has 0 unspecified atom stereocenters. The lowest BCUT2D eigenvalue weighted by atomic mass is 10.1. The molecule has 1 aliphatic heterocycles. The van der Waals surface area contributed by atoms with Crippen LogP contribution in [-0.2, 0) is 32.0 Å². The van der Waals surface area contributed by atoms with Crippen molar-refractivity contribution >= 4 is 23.5 Å². The van der Waals surface area contributed by atoms with E-state index >= 15 is 0 Å². The number of amides is 2. The van der Waals surface area contributed by atoms with Crippen molar-refractivity contribution in [3.8, 4) is 0 Å². The van der Waals surface area contributed by atoms with Crippen LogP contribution in [0.5, 0.6) is 0 Å². The van der Waals surface area contributed by atoms with Crippen molar-refractivity contribution in [2.24, 2.45) is 5.92 Å². The van der Waals surface area contributed by atoms with Crippen molar-refractivity contribution in [3.05, 3.63) is 65.7 Å². The first-order valence-corrected chi connectivity index (χ1v) is 9.93. The van der Waals surface area contributed by atoms with Gasteiger partial charge in [0.25, 0.3) is 5.91 Å². The average Bonchev–Trinajstić information content (AvgIpc) is 3.14. The summed E-state index contributed by atoms with van der Waals surface area (Å²) in [6.07, 6.45) is 1.74. The molecule has 1 saturated heterocycles. The van der Waals surface area contributed by atoms with Gasteiger partial charge in [-0.25, -0.2) is 0 Å². The molecule has 0 saturated carbocycles. The minimum Gasteiger partial charge on any atom is -0.455 e. The molecule has 6 nitrogen and oxygen atoms in total. The van der Waals surface area contributed by atoms with E-state index in [0.29, 0.717) is 13.0 Å². The third-order valence-corrected chi connectivity index (χ3v) is 5.04. The number of ether oxygens (including phenoxy) is 1. The van der Waals surface area contributed by atoms with E-state index in [1.807, 2.05) is 54.6 Å². The Morgan fingerprint density at radius 2 is 1.79 bits per heavy atom. The van der Waals surface area contributed by atoms with Crippen molar-refractivity contribution in [1.82, 2.24) is 5.32 Å². The van der Waals surface area contributed by atoms with Crippen LogP contribution >= 0.6 is 0 Å². The second kappa shape index (κ2) is 9.87. The fourth-order valence-corrected chi connectivity index (χ4v) is 3.32. The normalized spacial score (nSPS) is 16.0. The quantitative estimate of drug-likeness (QED) is 0.698. The van der Waals surface area contributed by atoms with Gasteiger partial charge in [0.15, 0.2) is 6.61 Å². The van der Waals surface area contributed by atoms with Crippen LogP contribution in [0.2, 0.25) is 0 Å². The maximum atomic E-state index is 12.3. The molecule has 2 aromatic carbocycles. The molecule has 0 radical (unpaired) electrons. The number of hydrogen-bond acceptors (Lipinski definition) is 4. The zero-order valence-electron chi connectivity index (χ0n) is 16.6. The Balaban J connectivity index is 1.42. The minimum atomic E-state index is -0.550. The van der Waals surface area contributed by atoms with E-state index in [1.54, 1.807) is 4.90 Å². The topological polar surface area (TPSA) is 75.7 Å². The zero-order chi connectivity index (χ0) is 20.6. The summed E-state index contributed by atoms with van der Waals surface area (Å²) in [5.41, 5.74) is 3.09. The van der Waals surface area contributed by atoms with Gasteiger partial charge < -0.3 is 15.0 Å². The number of nitrogens with zero attached hydrogens (tertiary/aromatic N) is 1. The van der Waals surface area contributed by atoms with Gasteiger partial charge in [-0.2, -0.15) is 0 Å². The van der Waals surface area contributed by atoms with Gasteiger partial charge >= 0.3 is 5.97 Å². The second-order valence-electron chi connectivity index (χ2n) is 7.12. The standard InChI is InChI=1S/C23H26N2O4/c1-2-17-8-10-20(11-9-17)25-15-19(14-22(25)27)23(28)29-16-21(26)24-13-12-18-6-4-3-5-7-18/h3-11,19H,2,12-16H2,1H3,(H,24,26)/t19-/m1/s1. The summed E-state index contributed by atoms with van der Waals surface area (Å²) in [5.74, 6) is -1.51. The van der Waals surface area contributed by atoms with Crippen LogP contribution in [0, 0.1) is 5.92 Å². The van der Waals surface area contributed by atoms with Crippen molar-refractivity contribution in [2.45, 2.75) is 26.2 Å². The number of hydrogen-bond donors (Lipinski definition) is 1. The van der Waals surface area contributed by atoms with Crippen molar-refractivity contribution in [1.29, 1.82) is 0 Å². The Bertz CT molecular complexity index is 849. The van der Waals surface area contributed by atoms with Crippen LogP contribution in [0.3, 0.4) is 0 Å². The lowest BCUT2D eigenvalue weighted by molar-refractivity contribution is -0.152. The highest BCUT2D eigenvalue weighted by atomic mass is 16.5. The predicted octanol–water partition coefficient (Wildman–Crippen LogP) is 2.50. The molecular formula is C23H26N2O4. The van der Waals surface area contributed by atoms with Gasteiger partial charge in [0.2, 0.25) is 5.91 Å². The van der Waals surface area contributed by atoms with E-state index in [4.69, 9.17) is 4.74 Å². The molecule has 0 aromatic heterocycles.